The van der Waals surface area contributed by atoms with Crippen molar-refractivity contribution in [2.45, 2.75) is 57.3 Å². The van der Waals surface area contributed by atoms with E-state index in [0.717, 1.165) is 18.3 Å². The monoisotopic (exact) mass is 381 g/mol. The standard InChI is InChI=1S/C28H31N/c1-3-4-5-11-20-28(22-16-17-22,23-18-19-23)26-24-14-9-10-15-25(24)29(2)27(26)21-12-7-6-8-13-21/h6-10,12-15,22-23H,3-5,16-19H2,1-2H3. The first-order valence-corrected chi connectivity index (χ1v) is 11.4. The molecule has 0 radical (unpaired) electrons. The number of unbranched alkanes of at least 4 members (excludes halogenated alkanes) is 2. The van der Waals surface area contributed by atoms with Gasteiger partial charge in [-0.25, -0.2) is 0 Å². The minimum Gasteiger partial charge on any atom is -0.343 e. The molecule has 148 valence electrons. The van der Waals surface area contributed by atoms with Crippen molar-refractivity contribution >= 4 is 10.9 Å². The molecule has 0 saturated heterocycles. The fraction of sp³-hybridized carbons (Fsp3) is 0.429. The highest BCUT2D eigenvalue weighted by atomic mass is 15.0. The molecule has 0 N–H and O–H groups in total. The Hall–Kier alpha value is -2.46. The molecule has 0 unspecified atom stereocenters. The van der Waals surface area contributed by atoms with Crippen molar-refractivity contribution in [3.63, 3.8) is 0 Å². The minimum absolute atomic E-state index is 0.0276. The Kier molecular flexibility index (Phi) is 4.75. The summed E-state index contributed by atoms with van der Waals surface area (Å²) >= 11 is 0. The highest BCUT2D eigenvalue weighted by molar-refractivity contribution is 5.94. The molecule has 0 atom stereocenters. The third-order valence-corrected chi connectivity index (χ3v) is 6.96. The summed E-state index contributed by atoms with van der Waals surface area (Å²) in [5.41, 5.74) is 5.59. The Morgan fingerprint density at radius 1 is 0.931 bits per heavy atom. The lowest BCUT2D eigenvalue weighted by molar-refractivity contribution is 0.427. The zero-order chi connectivity index (χ0) is 19.8. The predicted octanol–water partition coefficient (Wildman–Crippen LogP) is 7.10. The fourth-order valence-corrected chi connectivity index (χ4v) is 5.31. The van der Waals surface area contributed by atoms with Gasteiger partial charge >= 0.3 is 0 Å². The summed E-state index contributed by atoms with van der Waals surface area (Å²) in [5.74, 6) is 9.06. The van der Waals surface area contributed by atoms with Gasteiger partial charge in [0, 0.05) is 29.9 Å². The van der Waals surface area contributed by atoms with Gasteiger partial charge in [0.15, 0.2) is 0 Å². The number of benzene rings is 2. The Balaban J connectivity index is 1.80. The third-order valence-electron chi connectivity index (χ3n) is 6.96. The second kappa shape index (κ2) is 7.42. The van der Waals surface area contributed by atoms with Crippen LogP contribution in [-0.4, -0.2) is 4.57 Å². The quantitative estimate of drug-likeness (QED) is 0.317. The van der Waals surface area contributed by atoms with Gasteiger partial charge in [0.2, 0.25) is 0 Å². The number of para-hydroxylation sites is 1. The zero-order valence-corrected chi connectivity index (χ0v) is 17.7. The molecular weight excluding hydrogens is 350 g/mol. The van der Waals surface area contributed by atoms with Gasteiger partial charge in [0.25, 0.3) is 0 Å². The van der Waals surface area contributed by atoms with Crippen LogP contribution in [0.25, 0.3) is 22.2 Å². The van der Waals surface area contributed by atoms with E-state index in [-0.39, 0.29) is 5.41 Å². The number of aryl methyl sites for hydroxylation is 1. The molecule has 2 aliphatic carbocycles. The van der Waals surface area contributed by atoms with Crippen molar-refractivity contribution in [1.29, 1.82) is 0 Å². The average Bonchev–Trinajstić information content (AvgIpc) is 3.67. The summed E-state index contributed by atoms with van der Waals surface area (Å²) in [6.45, 7) is 2.26. The summed E-state index contributed by atoms with van der Waals surface area (Å²) < 4.78 is 2.42. The maximum atomic E-state index is 3.96. The molecule has 2 saturated carbocycles. The van der Waals surface area contributed by atoms with Crippen LogP contribution in [0.3, 0.4) is 0 Å². The van der Waals surface area contributed by atoms with E-state index in [0.29, 0.717) is 0 Å². The Morgan fingerprint density at radius 3 is 2.24 bits per heavy atom. The summed E-state index contributed by atoms with van der Waals surface area (Å²) in [6, 6.07) is 20.0. The molecule has 1 heterocycles. The van der Waals surface area contributed by atoms with Crippen LogP contribution >= 0.6 is 0 Å². The molecule has 0 bridgehead atoms. The molecular formula is C28H31N. The summed E-state index contributed by atoms with van der Waals surface area (Å²) in [6.07, 6.45) is 8.78. The van der Waals surface area contributed by atoms with Crippen molar-refractivity contribution in [2.24, 2.45) is 18.9 Å². The topological polar surface area (TPSA) is 4.93 Å². The van der Waals surface area contributed by atoms with Crippen LogP contribution in [0.5, 0.6) is 0 Å². The number of rotatable bonds is 6. The van der Waals surface area contributed by atoms with Crippen molar-refractivity contribution in [1.82, 2.24) is 4.57 Å². The van der Waals surface area contributed by atoms with E-state index in [2.05, 4.69) is 85.0 Å². The molecule has 0 spiro atoms. The van der Waals surface area contributed by atoms with Crippen LogP contribution in [0, 0.1) is 23.7 Å². The van der Waals surface area contributed by atoms with Crippen molar-refractivity contribution < 1.29 is 0 Å². The van der Waals surface area contributed by atoms with E-state index < -0.39 is 0 Å². The second-order valence-electron chi connectivity index (χ2n) is 8.99. The molecule has 2 fully saturated rings. The summed E-state index contributed by atoms with van der Waals surface area (Å²) in [4.78, 5) is 0. The van der Waals surface area contributed by atoms with Gasteiger partial charge in [-0.1, -0.05) is 67.8 Å². The molecule has 1 heteroatoms. The molecule has 2 aliphatic rings. The Bertz CT molecular complexity index is 1060. The minimum atomic E-state index is 0.0276. The maximum Gasteiger partial charge on any atom is 0.0646 e. The molecule has 0 aliphatic heterocycles. The van der Waals surface area contributed by atoms with Gasteiger partial charge in [0.1, 0.15) is 0 Å². The number of hydrogen-bond donors (Lipinski definition) is 0. The van der Waals surface area contributed by atoms with E-state index in [1.54, 1.807) is 0 Å². The lowest BCUT2D eigenvalue weighted by Gasteiger charge is -2.31. The first-order valence-electron chi connectivity index (χ1n) is 11.4. The fourth-order valence-electron chi connectivity index (χ4n) is 5.31. The summed E-state index contributed by atoms with van der Waals surface area (Å²) in [7, 11) is 2.24. The van der Waals surface area contributed by atoms with Gasteiger partial charge in [-0.15, -0.1) is 5.92 Å². The third kappa shape index (κ3) is 3.10. The molecule has 2 aromatic carbocycles. The van der Waals surface area contributed by atoms with Crippen molar-refractivity contribution in [2.75, 3.05) is 0 Å². The van der Waals surface area contributed by atoms with Gasteiger partial charge in [-0.3, -0.25) is 0 Å². The lowest BCUT2D eigenvalue weighted by atomic mass is 9.70. The van der Waals surface area contributed by atoms with E-state index in [1.807, 2.05) is 0 Å². The SMILES string of the molecule is CCCCC#CC(c1c(-c2ccccc2)n(C)c2ccccc12)(C1CC1)C1CC1. The summed E-state index contributed by atoms with van der Waals surface area (Å²) in [5, 5.41) is 1.41. The van der Waals surface area contributed by atoms with Crippen molar-refractivity contribution in [3.8, 4) is 23.1 Å². The van der Waals surface area contributed by atoms with E-state index in [4.69, 9.17) is 0 Å². The average molecular weight is 382 g/mol. The maximum absolute atomic E-state index is 3.96. The van der Waals surface area contributed by atoms with Crippen molar-refractivity contribution in [3.05, 3.63) is 60.2 Å². The molecule has 1 aromatic heterocycles. The molecule has 3 aromatic rings. The van der Waals surface area contributed by atoms with Gasteiger partial charge in [-0.2, -0.15) is 0 Å². The Morgan fingerprint density at radius 2 is 1.59 bits per heavy atom. The van der Waals surface area contributed by atoms with E-state index in [9.17, 15) is 0 Å². The highest BCUT2D eigenvalue weighted by Crippen LogP contribution is 2.61. The van der Waals surface area contributed by atoms with E-state index >= 15 is 0 Å². The van der Waals surface area contributed by atoms with Crippen LogP contribution in [0.1, 0.15) is 57.4 Å². The van der Waals surface area contributed by atoms with Crippen LogP contribution in [0.15, 0.2) is 54.6 Å². The van der Waals surface area contributed by atoms with Crippen LogP contribution in [0.2, 0.25) is 0 Å². The van der Waals surface area contributed by atoms with Crippen LogP contribution < -0.4 is 0 Å². The first kappa shape index (κ1) is 18.6. The smallest absolute Gasteiger partial charge is 0.0646 e. The molecule has 0 amide bonds. The highest BCUT2D eigenvalue weighted by Gasteiger charge is 2.56. The number of nitrogens with zero attached hydrogens (tertiary/aromatic N) is 1. The van der Waals surface area contributed by atoms with Gasteiger partial charge < -0.3 is 4.57 Å². The van der Waals surface area contributed by atoms with Crippen LogP contribution in [-0.2, 0) is 12.5 Å². The number of fused-ring (bicyclic) bond motifs is 1. The largest absolute Gasteiger partial charge is 0.343 e. The molecule has 29 heavy (non-hydrogen) atoms. The molecule has 5 rings (SSSR count). The lowest BCUT2D eigenvalue weighted by Crippen LogP contribution is -2.30. The predicted molar refractivity (Wildman–Crippen MR) is 123 cm³/mol. The molecule has 1 nitrogen and oxygen atoms in total. The van der Waals surface area contributed by atoms with E-state index in [1.165, 1.54) is 66.2 Å². The van der Waals surface area contributed by atoms with Crippen LogP contribution in [0.4, 0.5) is 0 Å². The first-order chi connectivity index (χ1) is 14.3. The Labute approximate surface area is 175 Å². The van der Waals surface area contributed by atoms with Gasteiger partial charge in [-0.05, 0) is 55.6 Å². The normalized spacial score (nSPS) is 16.6. The van der Waals surface area contributed by atoms with Gasteiger partial charge in [0.05, 0.1) is 11.1 Å². The second-order valence-corrected chi connectivity index (χ2v) is 8.99. The number of aromatic nitrogens is 1. The zero-order valence-electron chi connectivity index (χ0n) is 17.7. The number of hydrogen-bond acceptors (Lipinski definition) is 0.